The van der Waals surface area contributed by atoms with Crippen LogP contribution in [0.3, 0.4) is 0 Å². The van der Waals surface area contributed by atoms with Crippen molar-refractivity contribution in [3.8, 4) is 0 Å². The molecule has 1 aromatic carbocycles. The van der Waals surface area contributed by atoms with Crippen molar-refractivity contribution in [3.05, 3.63) is 34.5 Å². The fraction of sp³-hybridized carbons (Fsp3) is 0. The monoisotopic (exact) mass is 194 g/mol. The van der Waals surface area contributed by atoms with Gasteiger partial charge in [0.15, 0.2) is 0 Å². The molecule has 0 aliphatic carbocycles. The highest BCUT2D eigenvalue weighted by Crippen LogP contribution is 2.24. The van der Waals surface area contributed by atoms with E-state index < -0.39 is 4.92 Å². The number of H-pyrrole nitrogens is 1. The predicted octanol–water partition coefficient (Wildman–Crippen LogP) is 2.36. The molecule has 0 radical (unpaired) electrons. The van der Waals surface area contributed by atoms with Crippen LogP contribution in [0.2, 0.25) is 0 Å². The lowest BCUT2D eigenvalue weighted by Gasteiger charge is -1.91. The van der Waals surface area contributed by atoms with Crippen molar-refractivity contribution in [1.29, 1.82) is 0 Å². The molecular weight excluding hydrogens is 188 g/mol. The lowest BCUT2D eigenvalue weighted by atomic mass is 10.2. The van der Waals surface area contributed by atoms with Gasteiger partial charge in [0, 0.05) is 28.6 Å². The molecular formula is C8H6N2O2S. The second-order valence-corrected chi connectivity index (χ2v) is 3.14. The molecule has 0 saturated carbocycles. The molecule has 0 atom stereocenters. The number of aromatic nitrogens is 1. The summed E-state index contributed by atoms with van der Waals surface area (Å²) in [6.07, 6.45) is 1.71. The summed E-state index contributed by atoms with van der Waals surface area (Å²) in [6, 6.07) is 4.65. The summed E-state index contributed by atoms with van der Waals surface area (Å²) in [5.74, 6) is 0. The van der Waals surface area contributed by atoms with Gasteiger partial charge >= 0.3 is 0 Å². The largest absolute Gasteiger partial charge is 0.360 e. The van der Waals surface area contributed by atoms with Gasteiger partial charge in [-0.15, -0.1) is 12.6 Å². The van der Waals surface area contributed by atoms with Gasteiger partial charge in [0.2, 0.25) is 0 Å². The van der Waals surface area contributed by atoms with Crippen LogP contribution in [-0.4, -0.2) is 9.91 Å². The van der Waals surface area contributed by atoms with E-state index >= 15 is 0 Å². The third-order valence-electron chi connectivity index (χ3n) is 1.85. The van der Waals surface area contributed by atoms with E-state index in [9.17, 15) is 10.1 Å². The number of hydrogen-bond acceptors (Lipinski definition) is 3. The van der Waals surface area contributed by atoms with Gasteiger partial charge in [-0.25, -0.2) is 0 Å². The summed E-state index contributed by atoms with van der Waals surface area (Å²) in [5.41, 5.74) is 0.821. The van der Waals surface area contributed by atoms with E-state index in [1.165, 1.54) is 12.1 Å². The Kier molecular flexibility index (Phi) is 1.73. The standard InChI is InChI=1S/C8H6N2O2S/c11-10(12)5-1-2-6-7(3-5)9-4-8(6)13/h1-4,9,13H. The molecule has 1 heterocycles. The maximum absolute atomic E-state index is 10.4. The van der Waals surface area contributed by atoms with E-state index in [0.29, 0.717) is 0 Å². The molecule has 66 valence electrons. The molecule has 0 spiro atoms. The minimum atomic E-state index is -0.418. The van der Waals surface area contributed by atoms with E-state index in [0.717, 1.165) is 15.8 Å². The van der Waals surface area contributed by atoms with Crippen LogP contribution < -0.4 is 0 Å². The highest BCUT2D eigenvalue weighted by atomic mass is 32.1. The highest BCUT2D eigenvalue weighted by molar-refractivity contribution is 7.80. The first-order valence-corrected chi connectivity index (χ1v) is 4.07. The molecule has 1 N–H and O–H groups in total. The Hall–Kier alpha value is -1.49. The molecule has 0 aliphatic heterocycles. The van der Waals surface area contributed by atoms with Crippen molar-refractivity contribution in [2.24, 2.45) is 0 Å². The molecule has 0 saturated heterocycles. The number of thiol groups is 1. The van der Waals surface area contributed by atoms with Crippen LogP contribution in [0.1, 0.15) is 0 Å². The molecule has 13 heavy (non-hydrogen) atoms. The fourth-order valence-electron chi connectivity index (χ4n) is 1.21. The van der Waals surface area contributed by atoms with Crippen molar-refractivity contribution < 1.29 is 4.92 Å². The number of nitro groups is 1. The van der Waals surface area contributed by atoms with E-state index in [2.05, 4.69) is 17.6 Å². The average molecular weight is 194 g/mol. The van der Waals surface area contributed by atoms with Crippen molar-refractivity contribution in [1.82, 2.24) is 4.98 Å². The Bertz CT molecular complexity index is 478. The summed E-state index contributed by atoms with van der Waals surface area (Å²) in [6.45, 7) is 0. The van der Waals surface area contributed by atoms with Crippen LogP contribution in [0.5, 0.6) is 0 Å². The number of nitrogens with one attached hydrogen (secondary N) is 1. The number of benzene rings is 1. The molecule has 0 fully saturated rings. The Morgan fingerprint density at radius 1 is 1.46 bits per heavy atom. The van der Waals surface area contributed by atoms with Gasteiger partial charge in [0.05, 0.1) is 10.4 Å². The van der Waals surface area contributed by atoms with Gasteiger partial charge in [-0.05, 0) is 6.07 Å². The van der Waals surface area contributed by atoms with Gasteiger partial charge in [-0.2, -0.15) is 0 Å². The number of nitrogens with zero attached hydrogens (tertiary/aromatic N) is 1. The van der Waals surface area contributed by atoms with Crippen molar-refractivity contribution in [2.75, 3.05) is 0 Å². The second-order valence-electron chi connectivity index (χ2n) is 2.66. The molecule has 0 bridgehead atoms. The first-order valence-electron chi connectivity index (χ1n) is 3.63. The van der Waals surface area contributed by atoms with Crippen LogP contribution >= 0.6 is 12.6 Å². The molecule has 0 unspecified atom stereocenters. The lowest BCUT2D eigenvalue weighted by molar-refractivity contribution is -0.384. The number of fused-ring (bicyclic) bond motifs is 1. The zero-order chi connectivity index (χ0) is 9.42. The second kappa shape index (κ2) is 2.77. The minimum Gasteiger partial charge on any atom is -0.360 e. The number of non-ortho nitro benzene ring substituents is 1. The molecule has 0 aliphatic rings. The fourth-order valence-corrected chi connectivity index (χ4v) is 1.47. The summed E-state index contributed by atoms with van der Waals surface area (Å²) in [7, 11) is 0. The third-order valence-corrected chi connectivity index (χ3v) is 2.22. The SMILES string of the molecule is O=[N+]([O-])c1ccc2c(S)c[nH]c2c1. The molecule has 5 heteroatoms. The average Bonchev–Trinajstić information content (AvgIpc) is 2.47. The lowest BCUT2D eigenvalue weighted by Crippen LogP contribution is -1.86. The van der Waals surface area contributed by atoms with Crippen LogP contribution in [0, 0.1) is 10.1 Å². The molecule has 0 amide bonds. The van der Waals surface area contributed by atoms with Gasteiger partial charge in [0.1, 0.15) is 0 Å². The zero-order valence-corrected chi connectivity index (χ0v) is 7.41. The Morgan fingerprint density at radius 2 is 2.23 bits per heavy atom. The highest BCUT2D eigenvalue weighted by Gasteiger charge is 2.07. The van der Waals surface area contributed by atoms with E-state index in [1.54, 1.807) is 12.3 Å². The van der Waals surface area contributed by atoms with Crippen LogP contribution in [0.4, 0.5) is 5.69 Å². The normalized spacial score (nSPS) is 10.5. The van der Waals surface area contributed by atoms with Crippen LogP contribution in [0.15, 0.2) is 29.3 Å². The molecule has 2 rings (SSSR count). The number of hydrogen-bond donors (Lipinski definition) is 2. The summed E-state index contributed by atoms with van der Waals surface area (Å²) >= 11 is 4.19. The Morgan fingerprint density at radius 3 is 2.92 bits per heavy atom. The van der Waals surface area contributed by atoms with Crippen molar-refractivity contribution >= 4 is 29.2 Å². The third kappa shape index (κ3) is 1.27. The first kappa shape index (κ1) is 8.12. The van der Waals surface area contributed by atoms with Gasteiger partial charge in [-0.1, -0.05) is 0 Å². The smallest absolute Gasteiger partial charge is 0.271 e. The predicted molar refractivity (Wildman–Crippen MR) is 52.2 cm³/mol. The zero-order valence-electron chi connectivity index (χ0n) is 6.52. The topological polar surface area (TPSA) is 58.9 Å². The van der Waals surface area contributed by atoms with E-state index in [4.69, 9.17) is 0 Å². The summed E-state index contributed by atoms with van der Waals surface area (Å²) in [5, 5.41) is 11.3. The first-order chi connectivity index (χ1) is 6.18. The van der Waals surface area contributed by atoms with Gasteiger partial charge < -0.3 is 4.98 Å². The summed E-state index contributed by atoms with van der Waals surface area (Å²) < 4.78 is 0. The number of rotatable bonds is 1. The number of nitro benzene ring substituents is 1. The van der Waals surface area contributed by atoms with Crippen molar-refractivity contribution in [2.45, 2.75) is 4.90 Å². The minimum absolute atomic E-state index is 0.0858. The maximum Gasteiger partial charge on any atom is 0.271 e. The van der Waals surface area contributed by atoms with Gasteiger partial charge in [-0.3, -0.25) is 10.1 Å². The molecule has 1 aromatic heterocycles. The van der Waals surface area contributed by atoms with Crippen LogP contribution in [-0.2, 0) is 0 Å². The summed E-state index contributed by atoms with van der Waals surface area (Å²) in [4.78, 5) is 13.7. The molecule has 2 aromatic rings. The van der Waals surface area contributed by atoms with Crippen LogP contribution in [0.25, 0.3) is 10.9 Å². The van der Waals surface area contributed by atoms with Crippen molar-refractivity contribution in [3.63, 3.8) is 0 Å². The van der Waals surface area contributed by atoms with E-state index in [1.807, 2.05) is 0 Å². The maximum atomic E-state index is 10.4. The van der Waals surface area contributed by atoms with E-state index in [-0.39, 0.29) is 5.69 Å². The Labute approximate surface area is 79.1 Å². The quantitative estimate of drug-likeness (QED) is 0.416. The van der Waals surface area contributed by atoms with Gasteiger partial charge in [0.25, 0.3) is 5.69 Å². The molecule has 4 nitrogen and oxygen atoms in total. The number of aromatic amines is 1. The Balaban J connectivity index is 2.70.